The van der Waals surface area contributed by atoms with Crippen LogP contribution in [0.2, 0.25) is 0 Å². The molecule has 0 atom stereocenters. The van der Waals surface area contributed by atoms with Crippen LogP contribution in [0.1, 0.15) is 10.4 Å². The summed E-state index contributed by atoms with van der Waals surface area (Å²) in [6.07, 6.45) is 3.44. The zero-order valence-electron chi connectivity index (χ0n) is 11.9. The second kappa shape index (κ2) is 4.81. The van der Waals surface area contributed by atoms with Gasteiger partial charge in [0.2, 0.25) is 0 Å². The third-order valence-corrected chi connectivity index (χ3v) is 3.82. The Morgan fingerprint density at radius 2 is 1.78 bits per heavy atom. The molecule has 0 amide bonds. The van der Waals surface area contributed by atoms with Crippen molar-refractivity contribution in [3.63, 3.8) is 0 Å². The maximum Gasteiger partial charge on any atom is 0.335 e. The van der Waals surface area contributed by atoms with E-state index in [2.05, 4.69) is 15.0 Å². The van der Waals surface area contributed by atoms with Gasteiger partial charge in [0.1, 0.15) is 11.5 Å². The molecular weight excluding hydrogens is 292 g/mol. The first-order chi connectivity index (χ1) is 11.1. The molecule has 112 valence electrons. The van der Waals surface area contributed by atoms with Gasteiger partial charge in [-0.15, -0.1) is 0 Å². The van der Waals surface area contributed by atoms with E-state index in [9.17, 15) is 4.79 Å². The van der Waals surface area contributed by atoms with Crippen molar-refractivity contribution in [2.45, 2.75) is 0 Å². The third kappa shape index (κ3) is 2.17. The van der Waals surface area contributed by atoms with Gasteiger partial charge in [0.05, 0.1) is 17.3 Å². The van der Waals surface area contributed by atoms with Crippen molar-refractivity contribution in [2.75, 3.05) is 5.73 Å². The molecule has 0 saturated heterocycles. The van der Waals surface area contributed by atoms with E-state index in [0.29, 0.717) is 5.82 Å². The van der Waals surface area contributed by atoms with Gasteiger partial charge in [-0.2, -0.15) is 0 Å². The Balaban J connectivity index is 1.89. The Hall–Kier alpha value is -3.41. The molecule has 3 heterocycles. The van der Waals surface area contributed by atoms with Crippen LogP contribution in [0.3, 0.4) is 0 Å². The lowest BCUT2D eigenvalue weighted by atomic mass is 10.0. The van der Waals surface area contributed by atoms with E-state index in [-0.39, 0.29) is 5.56 Å². The number of benzene rings is 1. The summed E-state index contributed by atoms with van der Waals surface area (Å²) < 4.78 is 0. The summed E-state index contributed by atoms with van der Waals surface area (Å²) in [4.78, 5) is 22.6. The van der Waals surface area contributed by atoms with Gasteiger partial charge in [-0.3, -0.25) is 0 Å². The van der Waals surface area contributed by atoms with Gasteiger partial charge in [0.15, 0.2) is 0 Å². The van der Waals surface area contributed by atoms with Crippen LogP contribution in [0.4, 0.5) is 5.82 Å². The minimum absolute atomic E-state index is 0.258. The molecule has 4 rings (SSSR count). The molecular formula is C17H12N4O2. The van der Waals surface area contributed by atoms with Gasteiger partial charge in [0, 0.05) is 22.5 Å². The smallest absolute Gasteiger partial charge is 0.335 e. The average molecular weight is 304 g/mol. The van der Waals surface area contributed by atoms with Crippen molar-refractivity contribution < 1.29 is 9.90 Å². The van der Waals surface area contributed by atoms with Crippen molar-refractivity contribution in [1.82, 2.24) is 15.0 Å². The number of aromatic nitrogens is 3. The second-order valence-electron chi connectivity index (χ2n) is 5.28. The van der Waals surface area contributed by atoms with E-state index in [4.69, 9.17) is 10.8 Å². The van der Waals surface area contributed by atoms with E-state index in [1.165, 1.54) is 0 Å². The maximum atomic E-state index is 10.9. The Bertz CT molecular complexity index is 1050. The number of aromatic carboxylic acids is 1. The fourth-order valence-corrected chi connectivity index (χ4v) is 2.65. The number of pyridine rings is 2. The number of carboxylic acid groups (broad SMARTS) is 1. The van der Waals surface area contributed by atoms with E-state index >= 15 is 0 Å². The van der Waals surface area contributed by atoms with Gasteiger partial charge in [-0.25, -0.2) is 14.8 Å². The Labute approximate surface area is 130 Å². The molecule has 1 aromatic carbocycles. The van der Waals surface area contributed by atoms with Crippen molar-refractivity contribution in [2.24, 2.45) is 0 Å². The van der Waals surface area contributed by atoms with Gasteiger partial charge in [-0.05, 0) is 29.8 Å². The number of carbonyl (C=O) groups is 1. The summed E-state index contributed by atoms with van der Waals surface area (Å²) in [6.45, 7) is 0. The van der Waals surface area contributed by atoms with Crippen LogP contribution in [-0.2, 0) is 0 Å². The molecule has 6 nitrogen and oxygen atoms in total. The Morgan fingerprint density at radius 3 is 2.52 bits per heavy atom. The molecule has 0 aliphatic heterocycles. The van der Waals surface area contributed by atoms with Crippen LogP contribution in [0.15, 0.2) is 48.8 Å². The standard InChI is InChI=1S/C17H12N4O2/c18-15-6-12-13-5-11(7-20-16(13)21-14(12)8-19-15)9-1-3-10(4-2-9)17(22)23/h1-8H,(H2,18,19)(H,20,21)(H,22,23). The number of fused-ring (bicyclic) bond motifs is 3. The van der Waals surface area contributed by atoms with Crippen molar-refractivity contribution in [1.29, 1.82) is 0 Å². The highest BCUT2D eigenvalue weighted by atomic mass is 16.4. The van der Waals surface area contributed by atoms with Gasteiger partial charge >= 0.3 is 5.97 Å². The van der Waals surface area contributed by atoms with E-state index < -0.39 is 5.97 Å². The summed E-state index contributed by atoms with van der Waals surface area (Å²) in [6, 6.07) is 10.5. The predicted octanol–water partition coefficient (Wildman–Crippen LogP) is 3.06. The Kier molecular flexibility index (Phi) is 2.77. The molecule has 4 N–H and O–H groups in total. The highest BCUT2D eigenvalue weighted by Gasteiger charge is 2.09. The van der Waals surface area contributed by atoms with Gasteiger partial charge in [0.25, 0.3) is 0 Å². The summed E-state index contributed by atoms with van der Waals surface area (Å²) in [5.41, 5.74) is 9.47. The molecule has 0 radical (unpaired) electrons. The molecule has 0 unspecified atom stereocenters. The van der Waals surface area contributed by atoms with Gasteiger partial charge in [-0.1, -0.05) is 12.1 Å². The van der Waals surface area contributed by atoms with Crippen molar-refractivity contribution in [3.8, 4) is 11.1 Å². The average Bonchev–Trinajstić information content (AvgIpc) is 2.92. The number of H-pyrrole nitrogens is 1. The highest BCUT2D eigenvalue weighted by molar-refractivity contribution is 6.07. The summed E-state index contributed by atoms with van der Waals surface area (Å²) >= 11 is 0. The number of nitrogen functional groups attached to an aromatic ring is 1. The van der Waals surface area contributed by atoms with Crippen LogP contribution < -0.4 is 5.73 Å². The number of nitrogens with zero attached hydrogens (tertiary/aromatic N) is 2. The Morgan fingerprint density at radius 1 is 1.00 bits per heavy atom. The lowest BCUT2D eigenvalue weighted by Crippen LogP contribution is -1.95. The normalized spacial score (nSPS) is 11.1. The maximum absolute atomic E-state index is 10.9. The summed E-state index contributed by atoms with van der Waals surface area (Å²) in [5, 5.41) is 10.9. The molecule has 23 heavy (non-hydrogen) atoms. The monoisotopic (exact) mass is 304 g/mol. The highest BCUT2D eigenvalue weighted by Crippen LogP contribution is 2.29. The zero-order valence-corrected chi connectivity index (χ0v) is 11.9. The minimum Gasteiger partial charge on any atom is -0.478 e. The number of anilines is 1. The largest absolute Gasteiger partial charge is 0.478 e. The SMILES string of the molecule is Nc1cc2c(cn1)[nH]c1ncc(-c3ccc(C(=O)O)cc3)cc12. The van der Waals surface area contributed by atoms with Crippen LogP contribution in [0.5, 0.6) is 0 Å². The first-order valence-electron chi connectivity index (χ1n) is 6.98. The number of aromatic amines is 1. The van der Waals surface area contributed by atoms with Crippen LogP contribution in [0, 0.1) is 0 Å². The first kappa shape index (κ1) is 13.3. The molecule has 0 spiro atoms. The lowest BCUT2D eigenvalue weighted by Gasteiger charge is -2.02. The van der Waals surface area contributed by atoms with Crippen LogP contribution in [0.25, 0.3) is 33.1 Å². The number of hydrogen-bond acceptors (Lipinski definition) is 4. The fraction of sp³-hybridized carbons (Fsp3) is 0. The summed E-state index contributed by atoms with van der Waals surface area (Å²) in [7, 11) is 0. The lowest BCUT2D eigenvalue weighted by molar-refractivity contribution is 0.0697. The van der Waals surface area contributed by atoms with Gasteiger partial charge < -0.3 is 15.8 Å². The molecule has 0 fully saturated rings. The molecule has 0 aliphatic carbocycles. The minimum atomic E-state index is -0.940. The number of carboxylic acids is 1. The first-order valence-corrected chi connectivity index (χ1v) is 6.98. The van der Waals surface area contributed by atoms with E-state index in [0.717, 1.165) is 33.1 Å². The predicted molar refractivity (Wildman–Crippen MR) is 88.2 cm³/mol. The molecule has 0 saturated carbocycles. The molecule has 0 bridgehead atoms. The van der Waals surface area contributed by atoms with E-state index in [1.807, 2.05) is 12.1 Å². The topological polar surface area (TPSA) is 105 Å². The van der Waals surface area contributed by atoms with Crippen molar-refractivity contribution in [3.05, 3.63) is 54.4 Å². The third-order valence-electron chi connectivity index (χ3n) is 3.82. The molecule has 4 aromatic rings. The number of hydrogen-bond donors (Lipinski definition) is 3. The summed E-state index contributed by atoms with van der Waals surface area (Å²) in [5.74, 6) is -0.487. The molecule has 3 aromatic heterocycles. The molecule has 0 aliphatic rings. The molecule has 6 heteroatoms. The number of nitrogens with two attached hydrogens (primary N) is 1. The zero-order chi connectivity index (χ0) is 16.0. The van der Waals surface area contributed by atoms with Crippen LogP contribution >= 0.6 is 0 Å². The number of rotatable bonds is 2. The van der Waals surface area contributed by atoms with Crippen molar-refractivity contribution >= 4 is 33.7 Å². The number of nitrogens with one attached hydrogen (secondary N) is 1. The second-order valence-corrected chi connectivity index (χ2v) is 5.28. The fourth-order valence-electron chi connectivity index (χ4n) is 2.65. The quantitative estimate of drug-likeness (QED) is 0.528. The van der Waals surface area contributed by atoms with Crippen LogP contribution in [-0.4, -0.2) is 26.0 Å². The van der Waals surface area contributed by atoms with E-state index in [1.54, 1.807) is 36.7 Å².